The van der Waals surface area contributed by atoms with Gasteiger partial charge in [-0.25, -0.2) is 9.18 Å². The molecule has 1 heterocycles. The van der Waals surface area contributed by atoms with Crippen molar-refractivity contribution in [2.24, 2.45) is 0 Å². The molecule has 0 unspecified atom stereocenters. The Morgan fingerprint density at radius 2 is 2.12 bits per heavy atom. The van der Waals surface area contributed by atoms with Crippen LogP contribution in [0.15, 0.2) is 18.2 Å². The number of halogens is 1. The summed E-state index contributed by atoms with van der Waals surface area (Å²) in [6.45, 7) is 3.79. The summed E-state index contributed by atoms with van der Waals surface area (Å²) in [4.78, 5) is 13.3. The molecule has 0 aliphatic heterocycles. The third-order valence-electron chi connectivity index (χ3n) is 2.62. The Bertz CT molecular complexity index is 557. The van der Waals surface area contributed by atoms with E-state index in [0.29, 0.717) is 10.9 Å². The van der Waals surface area contributed by atoms with E-state index in [1.165, 1.54) is 6.07 Å². The van der Waals surface area contributed by atoms with E-state index in [-0.39, 0.29) is 22.9 Å². The maximum Gasteiger partial charge on any atom is 0.352 e. The van der Waals surface area contributed by atoms with Gasteiger partial charge in [0, 0.05) is 5.39 Å². The third-order valence-corrected chi connectivity index (χ3v) is 2.62. The average molecular weight is 221 g/mol. The van der Waals surface area contributed by atoms with Gasteiger partial charge in [-0.3, -0.25) is 0 Å². The lowest BCUT2D eigenvalue weighted by Crippen LogP contribution is -1.96. The van der Waals surface area contributed by atoms with Crippen LogP contribution in [0.5, 0.6) is 0 Å². The van der Waals surface area contributed by atoms with Crippen LogP contribution in [-0.4, -0.2) is 16.1 Å². The van der Waals surface area contributed by atoms with Crippen LogP contribution in [0, 0.1) is 5.82 Å². The first-order valence-corrected chi connectivity index (χ1v) is 5.05. The van der Waals surface area contributed by atoms with Gasteiger partial charge in [0.1, 0.15) is 5.69 Å². The monoisotopic (exact) mass is 221 g/mol. The van der Waals surface area contributed by atoms with Gasteiger partial charge >= 0.3 is 5.97 Å². The molecule has 1 aromatic carbocycles. The lowest BCUT2D eigenvalue weighted by Gasteiger charge is -2.06. The molecule has 0 aliphatic carbocycles. The minimum Gasteiger partial charge on any atom is -0.477 e. The Hall–Kier alpha value is -1.84. The third kappa shape index (κ3) is 1.56. The lowest BCUT2D eigenvalue weighted by atomic mass is 10.0. The molecule has 0 radical (unpaired) electrons. The normalized spacial score (nSPS) is 11.2. The molecule has 3 nitrogen and oxygen atoms in total. The molecule has 0 atom stereocenters. The minimum atomic E-state index is -1.08. The quantitative estimate of drug-likeness (QED) is 0.818. The van der Waals surface area contributed by atoms with Crippen molar-refractivity contribution in [1.82, 2.24) is 4.98 Å². The summed E-state index contributed by atoms with van der Waals surface area (Å²) < 4.78 is 14.0. The molecule has 1 aromatic heterocycles. The molecule has 0 saturated heterocycles. The number of rotatable bonds is 2. The highest BCUT2D eigenvalue weighted by molar-refractivity contribution is 5.94. The van der Waals surface area contributed by atoms with Crippen molar-refractivity contribution in [3.63, 3.8) is 0 Å². The SMILES string of the molecule is CC(C)c1ccc2cc(C(=O)O)[nH]c2c1F. The van der Waals surface area contributed by atoms with E-state index in [0.717, 1.165) is 0 Å². The van der Waals surface area contributed by atoms with E-state index in [9.17, 15) is 9.18 Å². The standard InChI is InChI=1S/C12H12FNO2/c1-6(2)8-4-3-7-5-9(12(15)16)14-11(7)10(8)13/h3-6,14H,1-2H3,(H,15,16). The van der Waals surface area contributed by atoms with Crippen LogP contribution in [0.1, 0.15) is 35.8 Å². The summed E-state index contributed by atoms with van der Waals surface area (Å²) >= 11 is 0. The van der Waals surface area contributed by atoms with Crippen molar-refractivity contribution in [3.8, 4) is 0 Å². The highest BCUT2D eigenvalue weighted by Crippen LogP contribution is 2.26. The van der Waals surface area contributed by atoms with Crippen LogP contribution >= 0.6 is 0 Å². The molecule has 0 fully saturated rings. The molecule has 0 saturated carbocycles. The predicted molar refractivity (Wildman–Crippen MR) is 59.3 cm³/mol. The maximum atomic E-state index is 14.0. The fourth-order valence-corrected chi connectivity index (χ4v) is 1.74. The van der Waals surface area contributed by atoms with Crippen molar-refractivity contribution in [1.29, 1.82) is 0 Å². The number of hydrogen-bond donors (Lipinski definition) is 2. The zero-order valence-electron chi connectivity index (χ0n) is 9.04. The van der Waals surface area contributed by atoms with Gasteiger partial charge < -0.3 is 10.1 Å². The lowest BCUT2D eigenvalue weighted by molar-refractivity contribution is 0.0691. The van der Waals surface area contributed by atoms with E-state index in [1.807, 2.05) is 13.8 Å². The molecule has 2 N–H and O–H groups in total. The van der Waals surface area contributed by atoms with Gasteiger partial charge in [0.2, 0.25) is 0 Å². The molecular formula is C12H12FNO2. The number of carboxylic acid groups (broad SMARTS) is 1. The van der Waals surface area contributed by atoms with Gasteiger partial charge in [-0.05, 0) is 17.5 Å². The highest BCUT2D eigenvalue weighted by Gasteiger charge is 2.14. The van der Waals surface area contributed by atoms with Crippen molar-refractivity contribution >= 4 is 16.9 Å². The Morgan fingerprint density at radius 1 is 1.44 bits per heavy atom. The van der Waals surface area contributed by atoms with Crippen LogP contribution in [0.4, 0.5) is 4.39 Å². The Labute approximate surface area is 91.9 Å². The number of fused-ring (bicyclic) bond motifs is 1. The number of aromatic nitrogens is 1. The predicted octanol–water partition coefficient (Wildman–Crippen LogP) is 3.13. The minimum absolute atomic E-state index is 0.00908. The van der Waals surface area contributed by atoms with Crippen molar-refractivity contribution in [2.75, 3.05) is 0 Å². The van der Waals surface area contributed by atoms with Gasteiger partial charge in [-0.2, -0.15) is 0 Å². The molecule has 0 amide bonds. The molecule has 2 rings (SSSR count). The zero-order chi connectivity index (χ0) is 11.9. The van der Waals surface area contributed by atoms with Crippen molar-refractivity contribution in [2.45, 2.75) is 19.8 Å². The molecule has 0 aliphatic rings. The topological polar surface area (TPSA) is 53.1 Å². The van der Waals surface area contributed by atoms with Gasteiger partial charge in [0.15, 0.2) is 5.82 Å². The van der Waals surface area contributed by atoms with E-state index in [4.69, 9.17) is 5.11 Å². The maximum absolute atomic E-state index is 14.0. The second kappa shape index (κ2) is 3.63. The van der Waals surface area contributed by atoms with E-state index in [1.54, 1.807) is 12.1 Å². The highest BCUT2D eigenvalue weighted by atomic mass is 19.1. The van der Waals surface area contributed by atoms with E-state index < -0.39 is 5.97 Å². The van der Waals surface area contributed by atoms with E-state index >= 15 is 0 Å². The van der Waals surface area contributed by atoms with Gasteiger partial charge in [0.05, 0.1) is 5.52 Å². The molecule has 16 heavy (non-hydrogen) atoms. The Kier molecular flexibility index (Phi) is 2.42. The molecular weight excluding hydrogens is 209 g/mol. The summed E-state index contributed by atoms with van der Waals surface area (Å²) in [5.41, 5.74) is 0.865. The van der Waals surface area contributed by atoms with Crippen LogP contribution in [0.2, 0.25) is 0 Å². The summed E-state index contributed by atoms with van der Waals surface area (Å²) in [5, 5.41) is 9.38. The second-order valence-electron chi connectivity index (χ2n) is 4.08. The number of nitrogens with one attached hydrogen (secondary N) is 1. The van der Waals surface area contributed by atoms with Crippen LogP contribution in [0.3, 0.4) is 0 Å². The first kappa shape index (κ1) is 10.7. The number of aromatic carboxylic acids is 1. The zero-order valence-corrected chi connectivity index (χ0v) is 9.04. The number of aromatic amines is 1. The number of benzene rings is 1. The largest absolute Gasteiger partial charge is 0.477 e. The number of carbonyl (C=O) groups is 1. The second-order valence-corrected chi connectivity index (χ2v) is 4.08. The van der Waals surface area contributed by atoms with Crippen LogP contribution < -0.4 is 0 Å². The summed E-state index contributed by atoms with van der Waals surface area (Å²) in [6.07, 6.45) is 0. The van der Waals surface area contributed by atoms with Gasteiger partial charge in [-0.1, -0.05) is 26.0 Å². The number of hydrogen-bond acceptors (Lipinski definition) is 1. The Balaban J connectivity index is 2.69. The van der Waals surface area contributed by atoms with Crippen LogP contribution in [-0.2, 0) is 0 Å². The van der Waals surface area contributed by atoms with Crippen molar-refractivity contribution in [3.05, 3.63) is 35.3 Å². The fourth-order valence-electron chi connectivity index (χ4n) is 1.74. The summed E-state index contributed by atoms with van der Waals surface area (Å²) in [5.74, 6) is -1.37. The summed E-state index contributed by atoms with van der Waals surface area (Å²) in [7, 11) is 0. The molecule has 84 valence electrons. The first-order valence-electron chi connectivity index (χ1n) is 5.05. The molecule has 2 aromatic rings. The fraction of sp³-hybridized carbons (Fsp3) is 0.250. The Morgan fingerprint density at radius 3 is 2.69 bits per heavy atom. The number of H-pyrrole nitrogens is 1. The van der Waals surface area contributed by atoms with Crippen molar-refractivity contribution < 1.29 is 14.3 Å². The van der Waals surface area contributed by atoms with Gasteiger partial charge in [0.25, 0.3) is 0 Å². The van der Waals surface area contributed by atoms with E-state index in [2.05, 4.69) is 4.98 Å². The smallest absolute Gasteiger partial charge is 0.352 e. The molecule has 4 heteroatoms. The molecule has 0 spiro atoms. The molecule has 0 bridgehead atoms. The van der Waals surface area contributed by atoms with Gasteiger partial charge in [-0.15, -0.1) is 0 Å². The summed E-state index contributed by atoms with van der Waals surface area (Å²) in [6, 6.07) is 4.86. The first-order chi connectivity index (χ1) is 7.50. The number of carboxylic acids is 1. The van der Waals surface area contributed by atoms with Crippen LogP contribution in [0.25, 0.3) is 10.9 Å². The average Bonchev–Trinajstić information content (AvgIpc) is 2.62.